The monoisotopic (exact) mass is 394 g/mol. The summed E-state index contributed by atoms with van der Waals surface area (Å²) >= 11 is 0. The Kier molecular flexibility index (Phi) is 11.0. The summed E-state index contributed by atoms with van der Waals surface area (Å²) in [7, 11) is 1.80. The number of ether oxygens (including phenoxy) is 2. The Balaban J connectivity index is 1.65. The standard InChI is InChI=1S/C21H38N4O3/c1-4-25(5-2)19(20-8-6-13-28-20)16-24-21(22-3)23-11-7-12-27-17-18-9-14-26-15-10-18/h6,8,13,18-19H,4-5,7,9-12,14-17H2,1-3H3,(H2,22,23,24). The van der Waals surface area contributed by atoms with Crippen molar-refractivity contribution in [1.82, 2.24) is 15.5 Å². The largest absolute Gasteiger partial charge is 0.468 e. The summed E-state index contributed by atoms with van der Waals surface area (Å²) in [5, 5.41) is 6.81. The van der Waals surface area contributed by atoms with Crippen molar-refractivity contribution >= 4 is 5.96 Å². The molecule has 1 unspecified atom stereocenters. The summed E-state index contributed by atoms with van der Waals surface area (Å²) in [5.41, 5.74) is 0. The number of rotatable bonds is 12. The molecule has 1 saturated heterocycles. The first-order valence-corrected chi connectivity index (χ1v) is 10.7. The first kappa shape index (κ1) is 22.7. The molecule has 1 fully saturated rings. The van der Waals surface area contributed by atoms with E-state index in [-0.39, 0.29) is 6.04 Å². The van der Waals surface area contributed by atoms with Crippen molar-refractivity contribution in [2.24, 2.45) is 10.9 Å². The maximum absolute atomic E-state index is 5.82. The van der Waals surface area contributed by atoms with Gasteiger partial charge in [-0.05, 0) is 50.4 Å². The Hall–Kier alpha value is -1.57. The third-order valence-electron chi connectivity index (χ3n) is 5.26. The van der Waals surface area contributed by atoms with Crippen LogP contribution >= 0.6 is 0 Å². The van der Waals surface area contributed by atoms with Crippen LogP contribution in [-0.4, -0.2) is 70.5 Å². The molecule has 28 heavy (non-hydrogen) atoms. The molecule has 0 spiro atoms. The first-order chi connectivity index (χ1) is 13.8. The van der Waals surface area contributed by atoms with Crippen LogP contribution in [0.15, 0.2) is 27.8 Å². The molecule has 0 aromatic carbocycles. The average molecular weight is 395 g/mol. The zero-order chi connectivity index (χ0) is 20.0. The molecule has 7 heteroatoms. The fourth-order valence-corrected chi connectivity index (χ4v) is 3.51. The highest BCUT2D eigenvalue weighted by Gasteiger charge is 2.20. The smallest absolute Gasteiger partial charge is 0.191 e. The number of nitrogens with one attached hydrogen (secondary N) is 2. The molecule has 2 N–H and O–H groups in total. The van der Waals surface area contributed by atoms with E-state index in [1.165, 1.54) is 0 Å². The van der Waals surface area contributed by atoms with Crippen LogP contribution in [0, 0.1) is 5.92 Å². The lowest BCUT2D eigenvalue weighted by Gasteiger charge is -2.28. The Bertz CT molecular complexity index is 526. The summed E-state index contributed by atoms with van der Waals surface area (Å²) in [6, 6.07) is 4.17. The van der Waals surface area contributed by atoms with Crippen LogP contribution in [0.5, 0.6) is 0 Å². The van der Waals surface area contributed by atoms with Crippen LogP contribution in [0.3, 0.4) is 0 Å². The van der Waals surface area contributed by atoms with E-state index in [4.69, 9.17) is 13.9 Å². The maximum atomic E-state index is 5.82. The van der Waals surface area contributed by atoms with Gasteiger partial charge >= 0.3 is 0 Å². The van der Waals surface area contributed by atoms with Crippen LogP contribution in [-0.2, 0) is 9.47 Å². The summed E-state index contributed by atoms with van der Waals surface area (Å²) in [5.74, 6) is 2.45. The van der Waals surface area contributed by atoms with E-state index < -0.39 is 0 Å². The second-order valence-corrected chi connectivity index (χ2v) is 7.12. The minimum atomic E-state index is 0.186. The van der Waals surface area contributed by atoms with Crippen LogP contribution in [0.25, 0.3) is 0 Å². The molecule has 2 heterocycles. The second kappa shape index (κ2) is 13.6. The van der Waals surface area contributed by atoms with Gasteiger partial charge in [0.25, 0.3) is 0 Å². The maximum Gasteiger partial charge on any atom is 0.191 e. The van der Waals surface area contributed by atoms with Gasteiger partial charge in [0.1, 0.15) is 5.76 Å². The van der Waals surface area contributed by atoms with E-state index in [1.807, 2.05) is 12.1 Å². The Labute approximate surface area is 169 Å². The Morgan fingerprint density at radius 2 is 2.07 bits per heavy atom. The molecule has 0 bridgehead atoms. The van der Waals surface area contributed by atoms with Gasteiger partial charge in [-0.15, -0.1) is 0 Å². The predicted octanol–water partition coefficient (Wildman–Crippen LogP) is 2.66. The summed E-state index contributed by atoms with van der Waals surface area (Å²) < 4.78 is 16.9. The summed E-state index contributed by atoms with van der Waals surface area (Å²) in [4.78, 5) is 6.71. The predicted molar refractivity (Wildman–Crippen MR) is 113 cm³/mol. The Morgan fingerprint density at radius 1 is 1.29 bits per heavy atom. The highest BCUT2D eigenvalue weighted by atomic mass is 16.5. The van der Waals surface area contributed by atoms with Crippen molar-refractivity contribution in [3.63, 3.8) is 0 Å². The molecule has 0 amide bonds. The zero-order valence-corrected chi connectivity index (χ0v) is 17.8. The molecule has 0 saturated carbocycles. The van der Waals surface area contributed by atoms with Crippen LogP contribution < -0.4 is 10.6 Å². The number of nitrogens with zero attached hydrogens (tertiary/aromatic N) is 2. The van der Waals surface area contributed by atoms with Gasteiger partial charge in [0.05, 0.1) is 12.3 Å². The summed E-state index contributed by atoms with van der Waals surface area (Å²) in [6.07, 6.45) is 4.94. The molecule has 0 aliphatic carbocycles. The third kappa shape index (κ3) is 7.81. The van der Waals surface area contributed by atoms with Crippen molar-refractivity contribution in [2.75, 3.05) is 59.7 Å². The van der Waals surface area contributed by atoms with Crippen LogP contribution in [0.1, 0.15) is 44.9 Å². The zero-order valence-electron chi connectivity index (χ0n) is 17.8. The van der Waals surface area contributed by atoms with Gasteiger partial charge in [-0.2, -0.15) is 0 Å². The SMILES string of the molecule is CCN(CC)C(CNC(=NC)NCCCOCC1CCOCC1)c1ccco1. The van der Waals surface area contributed by atoms with E-state index in [2.05, 4.69) is 34.4 Å². The average Bonchev–Trinajstić information content (AvgIpc) is 3.27. The van der Waals surface area contributed by atoms with E-state index in [9.17, 15) is 0 Å². The molecule has 0 radical (unpaired) electrons. The minimum Gasteiger partial charge on any atom is -0.468 e. The molecule has 160 valence electrons. The molecule has 1 aliphatic heterocycles. The molecule has 1 aromatic rings. The quantitative estimate of drug-likeness (QED) is 0.323. The van der Waals surface area contributed by atoms with Gasteiger partial charge in [-0.3, -0.25) is 9.89 Å². The van der Waals surface area contributed by atoms with Gasteiger partial charge in [-0.1, -0.05) is 13.8 Å². The van der Waals surface area contributed by atoms with Gasteiger partial charge in [0.15, 0.2) is 5.96 Å². The topological polar surface area (TPSA) is 71.3 Å². The van der Waals surface area contributed by atoms with Crippen molar-refractivity contribution in [3.05, 3.63) is 24.2 Å². The van der Waals surface area contributed by atoms with Gasteiger partial charge < -0.3 is 24.5 Å². The molecular formula is C21H38N4O3. The summed E-state index contributed by atoms with van der Waals surface area (Å²) in [6.45, 7) is 11.3. The van der Waals surface area contributed by atoms with Crippen molar-refractivity contribution in [3.8, 4) is 0 Å². The van der Waals surface area contributed by atoms with E-state index in [1.54, 1.807) is 13.3 Å². The number of hydrogen-bond acceptors (Lipinski definition) is 5. The molecule has 1 atom stereocenters. The number of aliphatic imine (C=N–C) groups is 1. The fraction of sp³-hybridized carbons (Fsp3) is 0.762. The molecule has 2 rings (SSSR count). The van der Waals surface area contributed by atoms with Crippen molar-refractivity contribution < 1.29 is 13.9 Å². The lowest BCUT2D eigenvalue weighted by atomic mass is 10.0. The lowest BCUT2D eigenvalue weighted by molar-refractivity contribution is 0.0203. The molecule has 1 aromatic heterocycles. The molecular weight excluding hydrogens is 356 g/mol. The van der Waals surface area contributed by atoms with Crippen molar-refractivity contribution in [2.45, 2.75) is 39.2 Å². The van der Waals surface area contributed by atoms with E-state index >= 15 is 0 Å². The van der Waals surface area contributed by atoms with E-state index in [0.29, 0.717) is 5.92 Å². The number of furan rings is 1. The van der Waals surface area contributed by atoms with Gasteiger partial charge in [0.2, 0.25) is 0 Å². The molecule has 1 aliphatic rings. The third-order valence-corrected chi connectivity index (χ3v) is 5.26. The van der Waals surface area contributed by atoms with Crippen LogP contribution in [0.2, 0.25) is 0 Å². The molecule has 7 nitrogen and oxygen atoms in total. The number of hydrogen-bond donors (Lipinski definition) is 2. The van der Waals surface area contributed by atoms with Crippen molar-refractivity contribution in [1.29, 1.82) is 0 Å². The highest BCUT2D eigenvalue weighted by molar-refractivity contribution is 5.79. The highest BCUT2D eigenvalue weighted by Crippen LogP contribution is 2.20. The van der Waals surface area contributed by atoms with E-state index in [0.717, 1.165) is 83.6 Å². The fourth-order valence-electron chi connectivity index (χ4n) is 3.51. The lowest BCUT2D eigenvalue weighted by Crippen LogP contribution is -2.43. The number of guanidine groups is 1. The number of likely N-dealkylation sites (N-methyl/N-ethyl adjacent to an activating group) is 1. The van der Waals surface area contributed by atoms with Crippen LogP contribution in [0.4, 0.5) is 0 Å². The second-order valence-electron chi connectivity index (χ2n) is 7.12. The Morgan fingerprint density at radius 3 is 2.71 bits per heavy atom. The first-order valence-electron chi connectivity index (χ1n) is 10.7. The normalized spacial score (nSPS) is 17.1. The van der Waals surface area contributed by atoms with Gasteiger partial charge in [0, 0.05) is 46.6 Å². The van der Waals surface area contributed by atoms with Gasteiger partial charge in [-0.25, -0.2) is 0 Å². The minimum absolute atomic E-state index is 0.186.